The second kappa shape index (κ2) is 14.7. The lowest BCUT2D eigenvalue weighted by molar-refractivity contribution is -0.286. The van der Waals surface area contributed by atoms with Crippen molar-refractivity contribution in [3.05, 3.63) is 60.2 Å². The summed E-state index contributed by atoms with van der Waals surface area (Å²) < 4.78 is 37.0. The largest absolute Gasteiger partial charge is 0.495 e. The Balaban J connectivity index is 1.99. The fourth-order valence-electron chi connectivity index (χ4n) is 3.31. The van der Waals surface area contributed by atoms with Crippen LogP contribution in [0.5, 0.6) is 0 Å². The summed E-state index contributed by atoms with van der Waals surface area (Å²) >= 11 is 0. The van der Waals surface area contributed by atoms with Crippen LogP contribution in [-0.4, -0.2) is 54.6 Å². The number of halogens is 3. The van der Waals surface area contributed by atoms with Gasteiger partial charge in [-0.1, -0.05) is 54.6 Å². The molecule has 0 bridgehead atoms. The van der Waals surface area contributed by atoms with E-state index in [1.165, 1.54) is 0 Å². The van der Waals surface area contributed by atoms with Crippen molar-refractivity contribution in [2.75, 3.05) is 13.1 Å². The molecule has 0 aliphatic carbocycles. The maximum absolute atomic E-state index is 12.5. The van der Waals surface area contributed by atoms with Gasteiger partial charge in [0.15, 0.2) is 0 Å². The van der Waals surface area contributed by atoms with Crippen molar-refractivity contribution >= 4 is 29.8 Å². The first-order valence-electron chi connectivity index (χ1n) is 12.4. The first-order valence-corrected chi connectivity index (χ1v) is 12.4. The summed E-state index contributed by atoms with van der Waals surface area (Å²) in [6.45, 7) is 4.88. The van der Waals surface area contributed by atoms with Crippen LogP contribution in [-0.2, 0) is 29.0 Å². The van der Waals surface area contributed by atoms with E-state index < -0.39 is 60.5 Å². The van der Waals surface area contributed by atoms with E-state index in [1.807, 2.05) is 30.3 Å². The molecular weight excluding hydrogens is 549 g/mol. The number of carbonyl (C=O) groups is 5. The van der Waals surface area contributed by atoms with Gasteiger partial charge in [0.1, 0.15) is 0 Å². The smallest absolute Gasteiger partial charge is 0.347 e. The van der Waals surface area contributed by atoms with E-state index in [1.54, 1.807) is 45.0 Å². The molecule has 0 aromatic heterocycles. The number of urea groups is 1. The average molecular weight is 581 g/mol. The van der Waals surface area contributed by atoms with E-state index in [0.717, 1.165) is 11.1 Å². The number of alkyl halides is 3. The molecule has 2 aromatic carbocycles. The minimum absolute atomic E-state index is 0.00817. The molecular formula is C27H31F3N4O7. The van der Waals surface area contributed by atoms with Gasteiger partial charge >= 0.3 is 24.1 Å². The normalized spacial score (nSPS) is 12.0. The number of rotatable bonds is 10. The van der Waals surface area contributed by atoms with Crippen LogP contribution in [0.3, 0.4) is 0 Å². The van der Waals surface area contributed by atoms with Gasteiger partial charge in [0.25, 0.3) is 0 Å². The van der Waals surface area contributed by atoms with E-state index in [4.69, 9.17) is 0 Å². The van der Waals surface area contributed by atoms with Crippen LogP contribution in [0.15, 0.2) is 54.6 Å². The van der Waals surface area contributed by atoms with Gasteiger partial charge in [0.05, 0.1) is 19.0 Å². The minimum atomic E-state index is -5.37. The molecule has 0 spiro atoms. The van der Waals surface area contributed by atoms with Crippen molar-refractivity contribution < 1.29 is 46.9 Å². The second-order valence-corrected chi connectivity index (χ2v) is 9.79. The summed E-state index contributed by atoms with van der Waals surface area (Å²) in [6, 6.07) is 14.3. The number of hydrogen-bond acceptors (Lipinski definition) is 7. The SMILES string of the molecule is CC(C)(C)NC(=O)NCCC(=O)NCC(=O)NC(CC(=O)OOC(=O)C(F)(F)F)c1ccc(-c2ccccc2)cc1. The molecule has 41 heavy (non-hydrogen) atoms. The molecule has 1 unspecified atom stereocenters. The zero-order valence-electron chi connectivity index (χ0n) is 22.6. The summed E-state index contributed by atoms with van der Waals surface area (Å²) in [7, 11) is 0. The fraction of sp³-hybridized carbons (Fsp3) is 0.370. The number of nitrogens with one attached hydrogen (secondary N) is 4. The third kappa shape index (κ3) is 12.4. The zero-order chi connectivity index (χ0) is 30.6. The predicted octanol–water partition coefficient (Wildman–Crippen LogP) is 3.07. The van der Waals surface area contributed by atoms with Gasteiger partial charge in [-0.15, -0.1) is 0 Å². The average Bonchev–Trinajstić information content (AvgIpc) is 2.89. The summed E-state index contributed by atoms with van der Waals surface area (Å²) in [6.07, 6.45) is -6.18. The first kappa shape index (κ1) is 32.6. The van der Waals surface area contributed by atoms with Gasteiger partial charge < -0.3 is 21.3 Å². The van der Waals surface area contributed by atoms with Crippen molar-refractivity contribution in [2.45, 2.75) is 51.4 Å². The Morgan fingerprint density at radius 3 is 2.00 bits per heavy atom. The Bertz CT molecular complexity index is 1210. The van der Waals surface area contributed by atoms with Crippen LogP contribution in [0.25, 0.3) is 11.1 Å². The molecule has 14 heteroatoms. The molecule has 2 rings (SSSR count). The van der Waals surface area contributed by atoms with Gasteiger partial charge in [0, 0.05) is 18.5 Å². The van der Waals surface area contributed by atoms with Gasteiger partial charge in [-0.25, -0.2) is 24.2 Å². The van der Waals surface area contributed by atoms with Crippen LogP contribution in [0.1, 0.15) is 45.2 Å². The standard InChI is InChI=1S/C27H31F3N4O7/c1-26(2,3)34-25(39)31-14-13-21(35)32-16-22(36)33-20(15-23(37)40-41-24(38)27(28,29)30)19-11-9-18(10-12-19)17-7-5-4-6-8-17/h4-12,20H,13-16H2,1-3H3,(H,32,35)(H,33,36)(H2,31,34,39). The molecule has 222 valence electrons. The van der Waals surface area contributed by atoms with Crippen molar-refractivity contribution in [1.29, 1.82) is 0 Å². The third-order valence-electron chi connectivity index (χ3n) is 5.14. The lowest BCUT2D eigenvalue weighted by Gasteiger charge is -2.20. The summed E-state index contributed by atoms with van der Waals surface area (Å²) in [5, 5.41) is 10.0. The molecule has 0 saturated heterocycles. The molecule has 0 aliphatic rings. The van der Waals surface area contributed by atoms with E-state index >= 15 is 0 Å². The van der Waals surface area contributed by atoms with Crippen molar-refractivity contribution in [3.8, 4) is 11.1 Å². The number of amides is 4. The lowest BCUT2D eigenvalue weighted by atomic mass is 9.99. The Hall–Kier alpha value is -4.62. The van der Waals surface area contributed by atoms with Crippen LogP contribution in [0.4, 0.5) is 18.0 Å². The molecule has 0 aliphatic heterocycles. The van der Waals surface area contributed by atoms with Gasteiger partial charge in [0.2, 0.25) is 11.8 Å². The van der Waals surface area contributed by atoms with Crippen molar-refractivity contribution in [1.82, 2.24) is 21.3 Å². The van der Waals surface area contributed by atoms with Crippen molar-refractivity contribution in [2.24, 2.45) is 0 Å². The van der Waals surface area contributed by atoms with Gasteiger partial charge in [-0.2, -0.15) is 13.2 Å². The Morgan fingerprint density at radius 2 is 1.41 bits per heavy atom. The lowest BCUT2D eigenvalue weighted by Crippen LogP contribution is -2.47. The highest BCUT2D eigenvalue weighted by atomic mass is 19.4. The van der Waals surface area contributed by atoms with Crippen LogP contribution in [0.2, 0.25) is 0 Å². The molecule has 0 heterocycles. The maximum Gasteiger partial charge on any atom is 0.495 e. The Morgan fingerprint density at radius 1 is 0.805 bits per heavy atom. The minimum Gasteiger partial charge on any atom is -0.347 e. The summed E-state index contributed by atoms with van der Waals surface area (Å²) in [5.74, 6) is -5.34. The molecule has 4 N–H and O–H groups in total. The molecule has 0 saturated carbocycles. The Kier molecular flexibility index (Phi) is 11.7. The summed E-state index contributed by atoms with van der Waals surface area (Å²) in [5.41, 5.74) is 1.64. The second-order valence-electron chi connectivity index (χ2n) is 9.79. The topological polar surface area (TPSA) is 152 Å². The predicted molar refractivity (Wildman–Crippen MR) is 140 cm³/mol. The molecule has 1 atom stereocenters. The quantitative estimate of drug-likeness (QED) is 0.249. The third-order valence-corrected chi connectivity index (χ3v) is 5.14. The first-order chi connectivity index (χ1) is 19.1. The fourth-order valence-corrected chi connectivity index (χ4v) is 3.31. The van der Waals surface area contributed by atoms with Crippen LogP contribution >= 0.6 is 0 Å². The number of benzene rings is 2. The maximum atomic E-state index is 12.5. The van der Waals surface area contributed by atoms with Crippen molar-refractivity contribution in [3.63, 3.8) is 0 Å². The highest BCUT2D eigenvalue weighted by Crippen LogP contribution is 2.24. The molecule has 0 radical (unpaired) electrons. The Labute approximate surface area is 234 Å². The number of carbonyl (C=O) groups excluding carboxylic acids is 5. The zero-order valence-corrected chi connectivity index (χ0v) is 22.6. The highest BCUT2D eigenvalue weighted by Gasteiger charge is 2.43. The molecule has 2 aromatic rings. The van der Waals surface area contributed by atoms with Crippen LogP contribution in [0, 0.1) is 0 Å². The van der Waals surface area contributed by atoms with E-state index in [2.05, 4.69) is 31.0 Å². The molecule has 4 amide bonds. The van der Waals surface area contributed by atoms with E-state index in [-0.39, 0.29) is 13.0 Å². The summed E-state index contributed by atoms with van der Waals surface area (Å²) in [4.78, 5) is 66.8. The highest BCUT2D eigenvalue weighted by molar-refractivity contribution is 5.86. The van der Waals surface area contributed by atoms with Gasteiger partial charge in [-0.3, -0.25) is 9.59 Å². The number of hydrogen-bond donors (Lipinski definition) is 4. The van der Waals surface area contributed by atoms with E-state index in [9.17, 15) is 37.1 Å². The van der Waals surface area contributed by atoms with E-state index in [0.29, 0.717) is 5.56 Å². The molecule has 0 fully saturated rings. The monoisotopic (exact) mass is 580 g/mol. The molecule has 11 nitrogen and oxygen atoms in total. The van der Waals surface area contributed by atoms with Crippen LogP contribution < -0.4 is 21.3 Å². The van der Waals surface area contributed by atoms with Gasteiger partial charge in [-0.05, 0) is 37.5 Å².